The Hall–Kier alpha value is -2.14. The first kappa shape index (κ1) is 14.5. The molecule has 2 aliphatic rings. The molecule has 0 radical (unpaired) electrons. The first-order chi connectivity index (χ1) is 11.1. The lowest BCUT2D eigenvalue weighted by Crippen LogP contribution is -2.29. The number of non-ortho nitro benzene ring substituents is 1. The molecule has 1 N–H and O–H groups in total. The Morgan fingerprint density at radius 1 is 1.17 bits per heavy atom. The van der Waals surface area contributed by atoms with Gasteiger partial charge in [0, 0.05) is 28.2 Å². The maximum atomic E-state index is 11.1. The van der Waals surface area contributed by atoms with Crippen LogP contribution in [-0.4, -0.2) is 4.92 Å². The Morgan fingerprint density at radius 2 is 1.96 bits per heavy atom. The van der Waals surface area contributed by atoms with E-state index in [0.717, 1.165) is 22.1 Å². The maximum Gasteiger partial charge on any atom is 0.269 e. The van der Waals surface area contributed by atoms with Gasteiger partial charge in [0.05, 0.1) is 11.0 Å². The van der Waals surface area contributed by atoms with Crippen LogP contribution in [0.25, 0.3) is 0 Å². The highest BCUT2D eigenvalue weighted by Crippen LogP contribution is 2.50. The second kappa shape index (κ2) is 5.49. The predicted molar refractivity (Wildman–Crippen MR) is 93.6 cm³/mol. The summed E-state index contributed by atoms with van der Waals surface area (Å²) in [7, 11) is 0. The van der Waals surface area contributed by atoms with E-state index in [1.165, 1.54) is 5.56 Å². The topological polar surface area (TPSA) is 55.2 Å². The summed E-state index contributed by atoms with van der Waals surface area (Å²) >= 11 is 3.48. The van der Waals surface area contributed by atoms with Gasteiger partial charge in [-0.1, -0.05) is 40.2 Å². The summed E-state index contributed by atoms with van der Waals surface area (Å²) in [5, 5.41) is 14.7. The summed E-state index contributed by atoms with van der Waals surface area (Å²) in [6, 6.07) is 13.7. The number of nitro groups is 1. The van der Waals surface area contributed by atoms with Gasteiger partial charge in [-0.15, -0.1) is 0 Å². The quantitative estimate of drug-likeness (QED) is 0.449. The number of hydrogen-bond acceptors (Lipinski definition) is 3. The molecule has 2 aromatic carbocycles. The highest BCUT2D eigenvalue weighted by atomic mass is 79.9. The molecule has 1 aliphatic carbocycles. The van der Waals surface area contributed by atoms with Crippen LogP contribution in [-0.2, 0) is 0 Å². The number of nitrogens with one attached hydrogen (secondary N) is 1. The zero-order chi connectivity index (χ0) is 16.0. The van der Waals surface area contributed by atoms with E-state index in [1.807, 2.05) is 6.07 Å². The number of nitrogens with zero attached hydrogens (tertiary/aromatic N) is 1. The largest absolute Gasteiger partial charge is 0.378 e. The molecular weight excluding hydrogens is 356 g/mol. The summed E-state index contributed by atoms with van der Waals surface area (Å²) in [5.74, 6) is 0.630. The Kier molecular flexibility index (Phi) is 3.45. The van der Waals surface area contributed by atoms with E-state index in [4.69, 9.17) is 0 Å². The van der Waals surface area contributed by atoms with Gasteiger partial charge in [-0.3, -0.25) is 10.1 Å². The predicted octanol–water partition coefficient (Wildman–Crippen LogP) is 5.18. The third-order valence-corrected chi connectivity index (χ3v) is 5.31. The van der Waals surface area contributed by atoms with Crippen molar-refractivity contribution in [3.05, 3.63) is 80.3 Å². The minimum atomic E-state index is -0.325. The fourth-order valence-corrected chi connectivity index (χ4v) is 3.96. The van der Waals surface area contributed by atoms with Crippen molar-refractivity contribution < 1.29 is 4.92 Å². The van der Waals surface area contributed by atoms with Crippen LogP contribution in [0.2, 0.25) is 0 Å². The first-order valence-corrected chi connectivity index (χ1v) is 8.40. The van der Waals surface area contributed by atoms with Crippen molar-refractivity contribution >= 4 is 27.3 Å². The van der Waals surface area contributed by atoms with Crippen molar-refractivity contribution in [2.75, 3.05) is 5.32 Å². The molecule has 4 rings (SSSR count). The Bertz CT molecular complexity index is 801. The summed E-state index contributed by atoms with van der Waals surface area (Å²) < 4.78 is 1.06. The number of fused-ring (bicyclic) bond motifs is 3. The summed E-state index contributed by atoms with van der Waals surface area (Å²) in [6.07, 6.45) is 5.37. The van der Waals surface area contributed by atoms with Crippen molar-refractivity contribution in [3.8, 4) is 0 Å². The van der Waals surface area contributed by atoms with E-state index in [1.54, 1.807) is 12.1 Å². The van der Waals surface area contributed by atoms with Crippen LogP contribution in [0.5, 0.6) is 0 Å². The van der Waals surface area contributed by atoms with Crippen LogP contribution in [0.15, 0.2) is 59.1 Å². The molecule has 0 fully saturated rings. The smallest absolute Gasteiger partial charge is 0.269 e. The van der Waals surface area contributed by atoms with Crippen LogP contribution < -0.4 is 5.32 Å². The number of benzene rings is 2. The molecule has 1 aliphatic heterocycles. The SMILES string of the molecule is O=[N+]([O-])c1ccc2c(c1)[C@H]1C=CC[C@H]1[C@H](c1ccc(Br)cc1)N2. The van der Waals surface area contributed by atoms with Crippen molar-refractivity contribution in [2.45, 2.75) is 18.4 Å². The minimum Gasteiger partial charge on any atom is -0.378 e. The van der Waals surface area contributed by atoms with Crippen LogP contribution in [0.4, 0.5) is 11.4 Å². The fraction of sp³-hybridized carbons (Fsp3) is 0.222. The monoisotopic (exact) mass is 370 g/mol. The summed E-state index contributed by atoms with van der Waals surface area (Å²) in [6.45, 7) is 0. The van der Waals surface area contributed by atoms with Gasteiger partial charge in [0.2, 0.25) is 0 Å². The number of allylic oxidation sites excluding steroid dienone is 2. The molecule has 0 unspecified atom stereocenters. The molecule has 0 spiro atoms. The number of rotatable bonds is 2. The number of hydrogen-bond donors (Lipinski definition) is 1. The standard InChI is InChI=1S/C18H15BrN2O2/c19-12-6-4-11(5-7-12)18-15-3-1-2-14(15)16-10-13(21(22)23)8-9-17(16)20-18/h1-2,4-10,14-15,18,20H,3H2/t14-,15+,18-/m0/s1. The van der Waals surface area contributed by atoms with E-state index in [0.29, 0.717) is 5.92 Å². The van der Waals surface area contributed by atoms with Crippen molar-refractivity contribution in [2.24, 2.45) is 5.92 Å². The summed E-state index contributed by atoms with van der Waals surface area (Å²) in [4.78, 5) is 10.7. The summed E-state index contributed by atoms with van der Waals surface area (Å²) in [5.41, 5.74) is 3.44. The Morgan fingerprint density at radius 3 is 2.70 bits per heavy atom. The zero-order valence-corrected chi connectivity index (χ0v) is 13.9. The average Bonchev–Trinajstić information content (AvgIpc) is 3.04. The molecule has 5 heteroatoms. The van der Waals surface area contributed by atoms with Gasteiger partial charge in [0.25, 0.3) is 5.69 Å². The van der Waals surface area contributed by atoms with Gasteiger partial charge in [-0.25, -0.2) is 0 Å². The van der Waals surface area contributed by atoms with Gasteiger partial charge in [-0.2, -0.15) is 0 Å². The number of anilines is 1. The van der Waals surface area contributed by atoms with E-state index in [-0.39, 0.29) is 22.6 Å². The van der Waals surface area contributed by atoms with E-state index in [9.17, 15) is 10.1 Å². The van der Waals surface area contributed by atoms with Gasteiger partial charge in [-0.05, 0) is 41.7 Å². The molecule has 2 aromatic rings. The number of nitro benzene ring substituents is 1. The molecule has 23 heavy (non-hydrogen) atoms. The third-order valence-electron chi connectivity index (χ3n) is 4.79. The van der Waals surface area contributed by atoms with Crippen LogP contribution in [0.1, 0.15) is 29.5 Å². The lowest BCUT2D eigenvalue weighted by molar-refractivity contribution is -0.384. The molecule has 1 heterocycles. The maximum absolute atomic E-state index is 11.1. The van der Waals surface area contributed by atoms with Crippen molar-refractivity contribution in [3.63, 3.8) is 0 Å². The molecule has 3 atom stereocenters. The molecule has 0 amide bonds. The molecule has 4 nitrogen and oxygen atoms in total. The lowest BCUT2D eigenvalue weighted by Gasteiger charge is -2.37. The van der Waals surface area contributed by atoms with Gasteiger partial charge < -0.3 is 5.32 Å². The molecular formula is C18H15BrN2O2. The highest BCUT2D eigenvalue weighted by Gasteiger charge is 2.38. The molecule has 0 bridgehead atoms. The normalized spacial score (nSPS) is 24.7. The third kappa shape index (κ3) is 2.45. The lowest BCUT2D eigenvalue weighted by atomic mass is 9.77. The molecule has 0 saturated heterocycles. The van der Waals surface area contributed by atoms with Gasteiger partial charge in [0.1, 0.15) is 0 Å². The Balaban J connectivity index is 1.77. The van der Waals surface area contributed by atoms with Crippen molar-refractivity contribution in [1.82, 2.24) is 0 Å². The second-order valence-corrected chi connectivity index (χ2v) is 6.97. The number of halogens is 1. The van der Waals surface area contributed by atoms with Gasteiger partial charge >= 0.3 is 0 Å². The van der Waals surface area contributed by atoms with Crippen molar-refractivity contribution in [1.29, 1.82) is 0 Å². The molecule has 116 valence electrons. The molecule has 0 aromatic heterocycles. The Labute approximate surface area is 142 Å². The minimum absolute atomic E-state index is 0.159. The van der Waals surface area contributed by atoms with E-state index in [2.05, 4.69) is 57.7 Å². The van der Waals surface area contributed by atoms with Crippen LogP contribution >= 0.6 is 15.9 Å². The average molecular weight is 371 g/mol. The fourth-order valence-electron chi connectivity index (χ4n) is 3.70. The van der Waals surface area contributed by atoms with E-state index < -0.39 is 0 Å². The molecule has 0 saturated carbocycles. The zero-order valence-electron chi connectivity index (χ0n) is 12.3. The van der Waals surface area contributed by atoms with Crippen LogP contribution in [0.3, 0.4) is 0 Å². The van der Waals surface area contributed by atoms with Crippen LogP contribution in [0, 0.1) is 16.0 Å². The van der Waals surface area contributed by atoms with Gasteiger partial charge in [0.15, 0.2) is 0 Å². The first-order valence-electron chi connectivity index (χ1n) is 7.60. The van der Waals surface area contributed by atoms with E-state index >= 15 is 0 Å². The second-order valence-electron chi connectivity index (χ2n) is 6.06. The highest BCUT2D eigenvalue weighted by molar-refractivity contribution is 9.10.